The van der Waals surface area contributed by atoms with Crippen LogP contribution >= 0.6 is 0 Å². The number of aryl methyl sites for hydroxylation is 1. The number of ether oxygens (including phenoxy) is 3. The highest BCUT2D eigenvalue weighted by Crippen LogP contribution is 2.43. The summed E-state index contributed by atoms with van der Waals surface area (Å²) in [6.07, 6.45) is 3.56. The second-order valence-electron chi connectivity index (χ2n) is 12.6. The van der Waals surface area contributed by atoms with E-state index in [0.717, 1.165) is 60.7 Å². The van der Waals surface area contributed by atoms with E-state index >= 15 is 0 Å². The van der Waals surface area contributed by atoms with Crippen LogP contribution in [0.4, 0.5) is 5.69 Å². The van der Waals surface area contributed by atoms with E-state index in [4.69, 9.17) is 14.2 Å². The Kier molecular flexibility index (Phi) is 9.27. The quantitative estimate of drug-likeness (QED) is 0.280. The smallest absolute Gasteiger partial charge is 0.337 e. The molecule has 220 valence electrons. The Morgan fingerprint density at radius 3 is 2.20 bits per heavy atom. The zero-order valence-electron chi connectivity index (χ0n) is 25.5. The number of nitrogens with zero attached hydrogens (tertiary/aromatic N) is 2. The minimum Gasteiger partial charge on any atom is -0.497 e. The van der Waals surface area contributed by atoms with Gasteiger partial charge in [-0.1, -0.05) is 38.1 Å². The van der Waals surface area contributed by atoms with Crippen molar-refractivity contribution in [3.8, 4) is 22.6 Å². The fourth-order valence-corrected chi connectivity index (χ4v) is 5.21. The molecule has 3 aromatic rings. The monoisotopic (exact) mass is 560 g/mol. The lowest BCUT2D eigenvalue weighted by Gasteiger charge is -2.41. The molecule has 0 radical (unpaired) electrons. The van der Waals surface area contributed by atoms with E-state index in [1.807, 2.05) is 82.4 Å². The Morgan fingerprint density at radius 2 is 1.63 bits per heavy atom. The Balaban J connectivity index is 1.64. The van der Waals surface area contributed by atoms with Gasteiger partial charge >= 0.3 is 5.97 Å². The third-order valence-corrected chi connectivity index (χ3v) is 7.66. The van der Waals surface area contributed by atoms with Crippen LogP contribution in [-0.4, -0.2) is 48.5 Å². The van der Waals surface area contributed by atoms with Crippen molar-refractivity contribution < 1.29 is 24.1 Å². The van der Waals surface area contributed by atoms with Crippen molar-refractivity contribution >= 4 is 11.7 Å². The minimum atomic E-state index is -1.13. The maximum Gasteiger partial charge on any atom is 0.337 e. The summed E-state index contributed by atoms with van der Waals surface area (Å²) >= 11 is 0. The molecule has 0 unspecified atom stereocenters. The van der Waals surface area contributed by atoms with Gasteiger partial charge in [0.05, 0.1) is 25.0 Å². The molecule has 1 fully saturated rings. The third kappa shape index (κ3) is 7.79. The number of piperidine rings is 1. The molecule has 41 heavy (non-hydrogen) atoms. The predicted octanol–water partition coefficient (Wildman–Crippen LogP) is 7.25. The van der Waals surface area contributed by atoms with Crippen molar-refractivity contribution in [3.05, 3.63) is 71.5 Å². The second kappa shape index (κ2) is 12.5. The van der Waals surface area contributed by atoms with E-state index in [1.54, 1.807) is 7.11 Å². The molecular weight excluding hydrogens is 516 g/mol. The highest BCUT2D eigenvalue weighted by Gasteiger charge is 2.35. The summed E-state index contributed by atoms with van der Waals surface area (Å²) in [5.41, 5.74) is 4.85. The molecule has 7 nitrogen and oxygen atoms in total. The number of hydrogen-bond acceptors (Lipinski definition) is 6. The average Bonchev–Trinajstić information content (AvgIpc) is 2.92. The van der Waals surface area contributed by atoms with Gasteiger partial charge in [0, 0.05) is 42.5 Å². The summed E-state index contributed by atoms with van der Waals surface area (Å²) in [6, 6.07) is 16.0. The van der Waals surface area contributed by atoms with Gasteiger partial charge in [0.15, 0.2) is 6.10 Å². The van der Waals surface area contributed by atoms with Gasteiger partial charge < -0.3 is 24.2 Å². The summed E-state index contributed by atoms with van der Waals surface area (Å²) in [5, 5.41) is 10.3. The second-order valence-corrected chi connectivity index (χ2v) is 12.6. The number of rotatable bonds is 10. The Morgan fingerprint density at radius 1 is 1.02 bits per heavy atom. The maximum atomic E-state index is 12.6. The molecule has 1 aliphatic rings. The number of carboxylic acid groups (broad SMARTS) is 1. The summed E-state index contributed by atoms with van der Waals surface area (Å²) in [4.78, 5) is 19.6. The number of aromatic nitrogens is 1. The third-order valence-electron chi connectivity index (χ3n) is 7.66. The minimum absolute atomic E-state index is 0.248. The molecule has 0 bridgehead atoms. The lowest BCUT2D eigenvalue weighted by molar-refractivity contribution is -0.160. The zero-order valence-corrected chi connectivity index (χ0v) is 25.5. The number of methoxy groups -OCH3 is 1. The topological polar surface area (TPSA) is 81.1 Å². The van der Waals surface area contributed by atoms with Gasteiger partial charge in [0.2, 0.25) is 0 Å². The zero-order chi connectivity index (χ0) is 29.8. The van der Waals surface area contributed by atoms with Crippen LogP contribution in [-0.2, 0) is 16.0 Å². The predicted molar refractivity (Wildman–Crippen MR) is 163 cm³/mol. The van der Waals surface area contributed by atoms with E-state index in [0.29, 0.717) is 17.9 Å². The van der Waals surface area contributed by atoms with E-state index in [-0.39, 0.29) is 5.41 Å². The first kappa shape index (κ1) is 30.4. The van der Waals surface area contributed by atoms with Gasteiger partial charge in [-0.05, 0) is 81.3 Å². The SMILES string of the molecule is COc1ccc(CCOc2ccc(-c3cnc(C)c([C@H](OC(C)(C)C)C(=O)O)c3N3CCC(C)(C)CC3)cc2)cc1. The van der Waals surface area contributed by atoms with Crippen LogP contribution in [0.2, 0.25) is 0 Å². The van der Waals surface area contributed by atoms with E-state index in [9.17, 15) is 9.90 Å². The number of benzene rings is 2. The molecular formula is C34H44N2O5. The number of pyridine rings is 1. The first-order chi connectivity index (χ1) is 19.4. The van der Waals surface area contributed by atoms with Gasteiger partial charge in [-0.3, -0.25) is 4.98 Å². The number of anilines is 1. The van der Waals surface area contributed by atoms with Gasteiger partial charge in [0.1, 0.15) is 11.5 Å². The lowest BCUT2D eigenvalue weighted by Crippen LogP contribution is -2.39. The normalized spacial score (nSPS) is 15.8. The molecule has 1 N–H and O–H groups in total. The molecule has 0 saturated carbocycles. The van der Waals surface area contributed by atoms with E-state index < -0.39 is 17.7 Å². The van der Waals surface area contributed by atoms with Gasteiger partial charge in [-0.2, -0.15) is 0 Å². The summed E-state index contributed by atoms with van der Waals surface area (Å²) in [6.45, 7) is 14.3. The van der Waals surface area contributed by atoms with Crippen LogP contribution in [0.15, 0.2) is 54.7 Å². The molecule has 1 saturated heterocycles. The molecule has 1 aromatic heterocycles. The molecule has 2 aromatic carbocycles. The highest BCUT2D eigenvalue weighted by molar-refractivity contribution is 5.86. The van der Waals surface area contributed by atoms with Crippen molar-refractivity contribution in [2.75, 3.05) is 31.7 Å². The van der Waals surface area contributed by atoms with Crippen molar-refractivity contribution in [3.63, 3.8) is 0 Å². The fraction of sp³-hybridized carbons (Fsp3) is 0.471. The molecule has 7 heteroatoms. The summed E-state index contributed by atoms with van der Waals surface area (Å²) < 4.78 is 17.4. The van der Waals surface area contributed by atoms with E-state index in [2.05, 4.69) is 23.7 Å². The van der Waals surface area contributed by atoms with Crippen LogP contribution in [0.25, 0.3) is 11.1 Å². The summed E-state index contributed by atoms with van der Waals surface area (Å²) in [5.74, 6) is 0.607. The molecule has 0 amide bonds. The van der Waals surface area contributed by atoms with Gasteiger partial charge in [0.25, 0.3) is 0 Å². The standard InChI is InChI=1S/C34H44N2O5/c1-23-29(31(32(37)38)41-33(2,3)4)30(36-19-17-34(5,6)18-20-36)28(22-35-23)25-10-14-27(15-11-25)40-21-16-24-8-12-26(39-7)13-9-24/h8-15,22,31H,16-21H2,1-7H3,(H,37,38)/t31-/m0/s1. The first-order valence-corrected chi connectivity index (χ1v) is 14.4. The highest BCUT2D eigenvalue weighted by atomic mass is 16.5. The average molecular weight is 561 g/mol. The molecule has 1 atom stereocenters. The van der Waals surface area contributed by atoms with Crippen molar-refractivity contribution in [1.82, 2.24) is 4.98 Å². The lowest BCUT2D eigenvalue weighted by atomic mass is 9.82. The van der Waals surface area contributed by atoms with Gasteiger partial charge in [-0.15, -0.1) is 0 Å². The number of carboxylic acids is 1. The van der Waals surface area contributed by atoms with Crippen LogP contribution in [0.3, 0.4) is 0 Å². The summed E-state index contributed by atoms with van der Waals surface area (Å²) in [7, 11) is 1.66. The van der Waals surface area contributed by atoms with Crippen molar-refractivity contribution in [1.29, 1.82) is 0 Å². The number of carbonyl (C=O) groups is 1. The molecule has 4 rings (SSSR count). The maximum absolute atomic E-state index is 12.6. The van der Waals surface area contributed by atoms with Gasteiger partial charge in [-0.25, -0.2) is 4.79 Å². The van der Waals surface area contributed by atoms with E-state index in [1.165, 1.54) is 5.56 Å². The first-order valence-electron chi connectivity index (χ1n) is 14.4. The molecule has 1 aliphatic heterocycles. The fourth-order valence-electron chi connectivity index (χ4n) is 5.21. The van der Waals surface area contributed by atoms with Crippen molar-refractivity contribution in [2.45, 2.75) is 72.5 Å². The number of hydrogen-bond donors (Lipinski definition) is 1. The molecule has 2 heterocycles. The largest absolute Gasteiger partial charge is 0.497 e. The number of aliphatic carboxylic acids is 1. The van der Waals surface area contributed by atoms with Crippen LogP contribution in [0, 0.1) is 12.3 Å². The Labute approximate surface area is 244 Å². The van der Waals surface area contributed by atoms with Crippen molar-refractivity contribution in [2.24, 2.45) is 5.41 Å². The Bertz CT molecular complexity index is 1320. The molecule has 0 spiro atoms. The van der Waals surface area contributed by atoms with Crippen LogP contribution < -0.4 is 14.4 Å². The van der Waals surface area contributed by atoms with Crippen LogP contribution in [0.5, 0.6) is 11.5 Å². The molecule has 0 aliphatic carbocycles. The van der Waals surface area contributed by atoms with Crippen LogP contribution in [0.1, 0.15) is 70.4 Å². The Hall–Kier alpha value is -3.58.